The Bertz CT molecular complexity index is 474. The zero-order chi connectivity index (χ0) is 12.1. The van der Waals surface area contributed by atoms with Gasteiger partial charge in [0, 0.05) is 11.6 Å². The number of hydrogen-bond acceptors (Lipinski definition) is 2. The first-order valence-corrected chi connectivity index (χ1v) is 6.28. The number of aryl methyl sites for hydroxylation is 1. The molecule has 90 valence electrons. The first-order valence-electron chi connectivity index (χ1n) is 6.28. The molecule has 0 amide bonds. The molecular weight excluding hydrogens is 210 g/mol. The number of aliphatic hydroxyl groups excluding tert-OH is 1. The van der Waals surface area contributed by atoms with Crippen LogP contribution < -0.4 is 0 Å². The lowest BCUT2D eigenvalue weighted by Crippen LogP contribution is -1.99. The SMILES string of the molecule is CC(O)CCCCc1ccnc2ccccc12. The van der Waals surface area contributed by atoms with Crippen molar-refractivity contribution < 1.29 is 5.11 Å². The summed E-state index contributed by atoms with van der Waals surface area (Å²) in [4.78, 5) is 4.36. The van der Waals surface area contributed by atoms with Crippen LogP contribution in [0.3, 0.4) is 0 Å². The van der Waals surface area contributed by atoms with E-state index in [2.05, 4.69) is 29.2 Å². The first kappa shape index (κ1) is 12.1. The van der Waals surface area contributed by atoms with Gasteiger partial charge in [0.15, 0.2) is 0 Å². The van der Waals surface area contributed by atoms with E-state index in [0.29, 0.717) is 0 Å². The lowest BCUT2D eigenvalue weighted by Gasteiger charge is -2.06. The summed E-state index contributed by atoms with van der Waals surface area (Å²) in [5.41, 5.74) is 2.43. The second-order valence-corrected chi connectivity index (χ2v) is 4.58. The minimum Gasteiger partial charge on any atom is -0.393 e. The third-order valence-electron chi connectivity index (χ3n) is 3.06. The second kappa shape index (κ2) is 5.78. The predicted molar refractivity (Wildman–Crippen MR) is 71.0 cm³/mol. The molecule has 17 heavy (non-hydrogen) atoms. The molecule has 0 aliphatic rings. The van der Waals surface area contributed by atoms with Gasteiger partial charge in [0.2, 0.25) is 0 Å². The fourth-order valence-electron chi connectivity index (χ4n) is 2.13. The van der Waals surface area contributed by atoms with Crippen molar-refractivity contribution in [3.63, 3.8) is 0 Å². The molecule has 2 rings (SSSR count). The first-order chi connectivity index (χ1) is 8.27. The quantitative estimate of drug-likeness (QED) is 0.798. The Morgan fingerprint density at radius 1 is 1.18 bits per heavy atom. The molecule has 0 saturated carbocycles. The number of aliphatic hydroxyl groups is 1. The Balaban J connectivity index is 2.03. The Morgan fingerprint density at radius 2 is 2.00 bits per heavy atom. The number of aromatic nitrogens is 1. The van der Waals surface area contributed by atoms with Gasteiger partial charge in [-0.2, -0.15) is 0 Å². The van der Waals surface area contributed by atoms with Crippen LogP contribution in [-0.4, -0.2) is 16.2 Å². The molecule has 1 N–H and O–H groups in total. The van der Waals surface area contributed by atoms with Crippen LogP contribution in [0.1, 0.15) is 31.7 Å². The average Bonchev–Trinajstić information content (AvgIpc) is 2.34. The molecule has 1 aromatic carbocycles. The Labute approximate surface area is 102 Å². The van der Waals surface area contributed by atoms with Crippen molar-refractivity contribution in [1.82, 2.24) is 4.98 Å². The molecule has 0 radical (unpaired) electrons. The van der Waals surface area contributed by atoms with E-state index < -0.39 is 0 Å². The van der Waals surface area contributed by atoms with Crippen molar-refractivity contribution in [1.29, 1.82) is 0 Å². The second-order valence-electron chi connectivity index (χ2n) is 4.58. The van der Waals surface area contributed by atoms with Crippen molar-refractivity contribution in [2.75, 3.05) is 0 Å². The van der Waals surface area contributed by atoms with Gasteiger partial charge in [-0.05, 0) is 43.9 Å². The van der Waals surface area contributed by atoms with Gasteiger partial charge in [0.05, 0.1) is 11.6 Å². The number of fused-ring (bicyclic) bond motifs is 1. The predicted octanol–water partition coefficient (Wildman–Crippen LogP) is 3.33. The average molecular weight is 229 g/mol. The van der Waals surface area contributed by atoms with Crippen molar-refractivity contribution in [3.05, 3.63) is 42.1 Å². The molecule has 0 saturated heterocycles. The van der Waals surface area contributed by atoms with Crippen LogP contribution in [0, 0.1) is 0 Å². The summed E-state index contributed by atoms with van der Waals surface area (Å²) < 4.78 is 0. The van der Waals surface area contributed by atoms with Crippen molar-refractivity contribution in [3.8, 4) is 0 Å². The van der Waals surface area contributed by atoms with E-state index in [9.17, 15) is 5.11 Å². The van der Waals surface area contributed by atoms with E-state index in [1.54, 1.807) is 0 Å². The zero-order valence-electron chi connectivity index (χ0n) is 10.3. The minimum absolute atomic E-state index is 0.177. The van der Waals surface area contributed by atoms with E-state index in [1.807, 2.05) is 19.2 Å². The highest BCUT2D eigenvalue weighted by Crippen LogP contribution is 2.18. The zero-order valence-corrected chi connectivity index (χ0v) is 10.3. The van der Waals surface area contributed by atoms with E-state index in [0.717, 1.165) is 31.2 Å². The summed E-state index contributed by atoms with van der Waals surface area (Å²) in [6.45, 7) is 1.85. The van der Waals surface area contributed by atoms with Gasteiger partial charge in [0.1, 0.15) is 0 Å². The van der Waals surface area contributed by atoms with Crippen molar-refractivity contribution >= 4 is 10.9 Å². The number of rotatable bonds is 5. The molecule has 0 aliphatic heterocycles. The monoisotopic (exact) mass is 229 g/mol. The third kappa shape index (κ3) is 3.27. The van der Waals surface area contributed by atoms with Crippen molar-refractivity contribution in [2.24, 2.45) is 0 Å². The minimum atomic E-state index is -0.177. The van der Waals surface area contributed by atoms with E-state index in [-0.39, 0.29) is 6.10 Å². The third-order valence-corrected chi connectivity index (χ3v) is 3.06. The highest BCUT2D eigenvalue weighted by molar-refractivity contribution is 5.81. The Kier molecular flexibility index (Phi) is 4.10. The summed E-state index contributed by atoms with van der Waals surface area (Å²) in [6, 6.07) is 10.4. The van der Waals surface area contributed by atoms with Gasteiger partial charge in [0.25, 0.3) is 0 Å². The van der Waals surface area contributed by atoms with E-state index in [4.69, 9.17) is 0 Å². The Morgan fingerprint density at radius 3 is 2.82 bits per heavy atom. The number of hydrogen-bond donors (Lipinski definition) is 1. The number of nitrogens with zero attached hydrogens (tertiary/aromatic N) is 1. The van der Waals surface area contributed by atoms with Gasteiger partial charge in [-0.25, -0.2) is 0 Å². The molecule has 0 spiro atoms. The smallest absolute Gasteiger partial charge is 0.0704 e. The van der Waals surface area contributed by atoms with Gasteiger partial charge >= 0.3 is 0 Å². The van der Waals surface area contributed by atoms with Gasteiger partial charge in [-0.1, -0.05) is 24.6 Å². The van der Waals surface area contributed by atoms with Crippen LogP contribution in [0.15, 0.2) is 36.5 Å². The molecule has 2 aromatic rings. The maximum atomic E-state index is 9.21. The largest absolute Gasteiger partial charge is 0.393 e. The highest BCUT2D eigenvalue weighted by Gasteiger charge is 2.01. The Hall–Kier alpha value is -1.41. The normalized spacial score (nSPS) is 12.8. The molecular formula is C15H19NO. The van der Waals surface area contributed by atoms with Crippen LogP contribution in [-0.2, 0) is 6.42 Å². The maximum absolute atomic E-state index is 9.21. The standard InChI is InChI=1S/C15H19NO/c1-12(17)6-2-3-7-13-10-11-16-15-9-5-4-8-14(13)15/h4-5,8-12,17H,2-3,6-7H2,1H3. The molecule has 1 heterocycles. The molecule has 0 fully saturated rings. The van der Waals surface area contributed by atoms with Crippen LogP contribution in [0.25, 0.3) is 10.9 Å². The fraction of sp³-hybridized carbons (Fsp3) is 0.400. The van der Waals surface area contributed by atoms with Crippen LogP contribution >= 0.6 is 0 Å². The lowest BCUT2D eigenvalue weighted by atomic mass is 10.0. The molecule has 1 aromatic heterocycles. The molecule has 1 unspecified atom stereocenters. The highest BCUT2D eigenvalue weighted by atomic mass is 16.3. The maximum Gasteiger partial charge on any atom is 0.0704 e. The molecule has 2 heteroatoms. The fourth-order valence-corrected chi connectivity index (χ4v) is 2.13. The van der Waals surface area contributed by atoms with E-state index >= 15 is 0 Å². The van der Waals surface area contributed by atoms with Gasteiger partial charge in [-0.3, -0.25) is 4.98 Å². The van der Waals surface area contributed by atoms with E-state index in [1.165, 1.54) is 10.9 Å². The van der Waals surface area contributed by atoms with Gasteiger partial charge in [-0.15, -0.1) is 0 Å². The summed E-state index contributed by atoms with van der Waals surface area (Å²) >= 11 is 0. The number of benzene rings is 1. The summed E-state index contributed by atoms with van der Waals surface area (Å²) in [7, 11) is 0. The topological polar surface area (TPSA) is 33.1 Å². The summed E-state index contributed by atoms with van der Waals surface area (Å²) in [5, 5.41) is 10.5. The van der Waals surface area contributed by atoms with Crippen LogP contribution in [0.5, 0.6) is 0 Å². The summed E-state index contributed by atoms with van der Waals surface area (Å²) in [5.74, 6) is 0. The number of unbranched alkanes of at least 4 members (excludes halogenated alkanes) is 1. The molecule has 0 aliphatic carbocycles. The van der Waals surface area contributed by atoms with Crippen LogP contribution in [0.4, 0.5) is 0 Å². The van der Waals surface area contributed by atoms with Crippen LogP contribution in [0.2, 0.25) is 0 Å². The number of pyridine rings is 1. The lowest BCUT2D eigenvalue weighted by molar-refractivity contribution is 0.180. The number of para-hydroxylation sites is 1. The molecule has 0 bridgehead atoms. The molecule has 1 atom stereocenters. The molecule has 2 nitrogen and oxygen atoms in total. The summed E-state index contributed by atoms with van der Waals surface area (Å²) in [6.07, 6.45) is 5.86. The van der Waals surface area contributed by atoms with Crippen molar-refractivity contribution in [2.45, 2.75) is 38.7 Å². The van der Waals surface area contributed by atoms with Gasteiger partial charge < -0.3 is 5.11 Å².